The maximum absolute atomic E-state index is 8.67. The van der Waals surface area contributed by atoms with Gasteiger partial charge in [0, 0.05) is 33.8 Å². The van der Waals surface area contributed by atoms with Crippen LogP contribution in [0.5, 0.6) is 0 Å². The number of nitrogens with zero attached hydrogens (tertiary/aromatic N) is 2. The fourth-order valence-electron chi connectivity index (χ4n) is 3.40. The van der Waals surface area contributed by atoms with Crippen LogP contribution in [0.3, 0.4) is 0 Å². The quantitative estimate of drug-likeness (QED) is 0.395. The average Bonchev–Trinajstić information content (AvgIpc) is 3.09. The Labute approximate surface area is 171 Å². The van der Waals surface area contributed by atoms with Gasteiger partial charge in [-0.05, 0) is 66.5 Å². The summed E-state index contributed by atoms with van der Waals surface area (Å²) in [5.41, 5.74) is 2.77. The molecule has 1 unspecified atom stereocenters. The van der Waals surface area contributed by atoms with Crippen LogP contribution in [0.25, 0.3) is 33.3 Å². The topological polar surface area (TPSA) is 38.9 Å². The molecule has 0 aliphatic heterocycles. The molecule has 138 valence electrons. The van der Waals surface area contributed by atoms with Gasteiger partial charge < -0.3 is 4.42 Å². The van der Waals surface area contributed by atoms with Gasteiger partial charge >= 0.3 is 0 Å². The van der Waals surface area contributed by atoms with E-state index < -0.39 is 25.5 Å². The van der Waals surface area contributed by atoms with Gasteiger partial charge in [0.05, 0.1) is 11.1 Å². The number of aryl methyl sites for hydroxylation is 2. The summed E-state index contributed by atoms with van der Waals surface area (Å²) in [6.45, 7) is 1.51. The monoisotopic (exact) mass is 366 g/mol. The van der Waals surface area contributed by atoms with Gasteiger partial charge in [-0.2, -0.15) is 0 Å². The Morgan fingerprint density at radius 3 is 2.67 bits per heavy atom. The number of fused-ring (bicyclic) bond motifs is 3. The number of aromatic nitrogens is 2. The molecule has 0 radical (unpaired) electrons. The van der Waals surface area contributed by atoms with Crippen molar-refractivity contribution in [3.8, 4) is 11.3 Å². The van der Waals surface area contributed by atoms with Gasteiger partial charge in [-0.1, -0.05) is 33.7 Å². The van der Waals surface area contributed by atoms with Crippen LogP contribution in [0.4, 0.5) is 0 Å². The van der Waals surface area contributed by atoms with E-state index in [-0.39, 0.29) is 22.4 Å². The van der Waals surface area contributed by atoms with Crippen molar-refractivity contribution in [3.05, 3.63) is 58.9 Å². The lowest BCUT2D eigenvalue weighted by Crippen LogP contribution is -1.93. The van der Waals surface area contributed by atoms with Crippen LogP contribution in [0, 0.1) is 13.8 Å². The Morgan fingerprint density at radius 1 is 1.07 bits per heavy atom. The van der Waals surface area contributed by atoms with E-state index in [0.717, 1.165) is 0 Å². The molecule has 1 atom stereocenters. The SMILES string of the molecule is [2H]C([2H])([2H])c1ccc(-c2cc(C([2H])(C)C([2H])([2H])[2H])ccn2)c2oc3nc(C)cc(C([2H])(C)C)c3c12. The fourth-order valence-corrected chi connectivity index (χ4v) is 3.40. The van der Waals surface area contributed by atoms with Crippen LogP contribution in [-0.4, -0.2) is 9.97 Å². The van der Waals surface area contributed by atoms with Crippen molar-refractivity contribution in [2.24, 2.45) is 0 Å². The van der Waals surface area contributed by atoms with Gasteiger partial charge in [-0.25, -0.2) is 4.98 Å². The Balaban J connectivity index is 2.12. The zero-order valence-electron chi connectivity index (χ0n) is 23.8. The molecule has 3 nitrogen and oxygen atoms in total. The minimum atomic E-state index is -2.57. The predicted octanol–water partition coefficient (Wildman–Crippen LogP) is 6.91. The lowest BCUT2D eigenvalue weighted by Gasteiger charge is -2.10. The van der Waals surface area contributed by atoms with E-state index in [1.807, 2.05) is 0 Å². The van der Waals surface area contributed by atoms with Crippen molar-refractivity contribution in [3.63, 3.8) is 0 Å². The summed E-state index contributed by atoms with van der Waals surface area (Å²) in [6.07, 6.45) is 1.43. The largest absolute Gasteiger partial charge is 0.437 e. The third-order valence-corrected chi connectivity index (χ3v) is 4.73. The Hall–Kier alpha value is -2.68. The van der Waals surface area contributed by atoms with Gasteiger partial charge in [-0.3, -0.25) is 4.98 Å². The number of rotatable bonds is 3. The van der Waals surface area contributed by atoms with Crippen LogP contribution in [0.2, 0.25) is 0 Å². The third kappa shape index (κ3) is 2.91. The number of hydrogen-bond donors (Lipinski definition) is 0. The molecule has 4 aromatic rings. The maximum Gasteiger partial charge on any atom is 0.227 e. The lowest BCUT2D eigenvalue weighted by atomic mass is 9.94. The first-order valence-electron chi connectivity index (χ1n) is 12.8. The molecule has 0 bridgehead atoms. The minimum Gasteiger partial charge on any atom is -0.437 e. The fraction of sp³-hybridized carbons (Fsp3) is 0.333. The second-order valence-electron chi connectivity index (χ2n) is 7.01. The summed E-state index contributed by atoms with van der Waals surface area (Å²) in [5, 5.41) is 0.791. The summed E-state index contributed by atoms with van der Waals surface area (Å²) < 4.78 is 70.9. The molecule has 0 fully saturated rings. The highest BCUT2D eigenvalue weighted by Gasteiger charge is 2.20. The molecule has 0 spiro atoms. The van der Waals surface area contributed by atoms with Crippen molar-refractivity contribution < 1.29 is 15.4 Å². The van der Waals surface area contributed by atoms with Gasteiger partial charge in [0.15, 0.2) is 0 Å². The standard InChI is InChI=1S/C24H26N2O/c1-13(2)17-9-10-25-20(12-17)18-8-7-15(5)21-22-19(14(3)4)11-16(6)26-24(22)27-23(18)21/h7-14H,1-6H3/i1D3,5D3,13D,14D. The molecule has 1 aromatic carbocycles. The molecular weight excluding hydrogens is 332 g/mol. The van der Waals surface area contributed by atoms with E-state index >= 15 is 0 Å². The van der Waals surface area contributed by atoms with E-state index in [1.54, 1.807) is 32.9 Å². The molecule has 0 saturated carbocycles. The summed E-state index contributed by atoms with van der Waals surface area (Å²) in [7, 11) is 0. The molecule has 27 heavy (non-hydrogen) atoms. The molecule has 0 aliphatic carbocycles. The van der Waals surface area contributed by atoms with E-state index in [9.17, 15) is 0 Å². The average molecular weight is 367 g/mol. The summed E-state index contributed by atoms with van der Waals surface area (Å²) in [5.74, 6) is -2.94. The van der Waals surface area contributed by atoms with Crippen LogP contribution >= 0.6 is 0 Å². The summed E-state index contributed by atoms with van der Waals surface area (Å²) >= 11 is 0. The minimum absolute atomic E-state index is 0.0649. The molecule has 3 heteroatoms. The van der Waals surface area contributed by atoms with E-state index in [1.165, 1.54) is 31.3 Å². The zero-order chi connectivity index (χ0) is 26.1. The smallest absolute Gasteiger partial charge is 0.227 e. The Bertz CT molecular complexity index is 1440. The van der Waals surface area contributed by atoms with E-state index in [0.29, 0.717) is 33.3 Å². The highest BCUT2D eigenvalue weighted by molar-refractivity contribution is 6.11. The van der Waals surface area contributed by atoms with Gasteiger partial charge in [0.2, 0.25) is 5.71 Å². The molecule has 3 aromatic heterocycles. The predicted molar refractivity (Wildman–Crippen MR) is 112 cm³/mol. The second kappa shape index (κ2) is 6.49. The van der Waals surface area contributed by atoms with Gasteiger partial charge in [-0.15, -0.1) is 0 Å². The number of pyridine rings is 2. The summed E-state index contributed by atoms with van der Waals surface area (Å²) in [6, 6.07) is 7.83. The van der Waals surface area contributed by atoms with E-state index in [2.05, 4.69) is 9.97 Å². The zero-order valence-corrected chi connectivity index (χ0v) is 15.8. The van der Waals surface area contributed by atoms with Gasteiger partial charge in [0.25, 0.3) is 0 Å². The molecule has 0 amide bonds. The molecule has 0 N–H and O–H groups in total. The van der Waals surface area contributed by atoms with Crippen molar-refractivity contribution in [2.75, 3.05) is 0 Å². The van der Waals surface area contributed by atoms with Crippen LogP contribution in [0.1, 0.15) is 72.8 Å². The molecule has 0 aliphatic rings. The normalized spacial score (nSPS) is 19.9. The molecule has 0 saturated heterocycles. The summed E-state index contributed by atoms with van der Waals surface area (Å²) in [4.78, 5) is 8.86. The molecule has 3 heterocycles. The van der Waals surface area contributed by atoms with Gasteiger partial charge in [0.1, 0.15) is 5.58 Å². The van der Waals surface area contributed by atoms with Crippen LogP contribution in [0.15, 0.2) is 40.9 Å². The van der Waals surface area contributed by atoms with E-state index in [4.69, 9.17) is 15.4 Å². The van der Waals surface area contributed by atoms with Crippen molar-refractivity contribution in [1.82, 2.24) is 9.97 Å². The van der Waals surface area contributed by atoms with Crippen LogP contribution < -0.4 is 0 Å². The Kier molecular flexibility index (Phi) is 2.55. The number of benzene rings is 1. The maximum atomic E-state index is 8.67. The molecular formula is C24H26N2O. The number of hydrogen-bond acceptors (Lipinski definition) is 3. The highest BCUT2D eigenvalue weighted by atomic mass is 16.3. The first kappa shape index (κ1) is 10.6. The first-order valence-corrected chi connectivity index (χ1v) is 8.77. The highest BCUT2D eigenvalue weighted by Crippen LogP contribution is 2.40. The number of furan rings is 1. The second-order valence-corrected chi connectivity index (χ2v) is 7.01. The first-order chi connectivity index (χ1) is 15.9. The molecule has 4 rings (SSSR count). The van der Waals surface area contributed by atoms with Crippen molar-refractivity contribution >= 4 is 22.1 Å². The Morgan fingerprint density at radius 2 is 1.93 bits per heavy atom. The van der Waals surface area contributed by atoms with Crippen molar-refractivity contribution in [1.29, 1.82) is 0 Å². The lowest BCUT2D eigenvalue weighted by molar-refractivity contribution is 0.652. The third-order valence-electron chi connectivity index (χ3n) is 4.73. The van der Waals surface area contributed by atoms with Crippen molar-refractivity contribution in [2.45, 2.75) is 53.2 Å². The van der Waals surface area contributed by atoms with Crippen LogP contribution in [-0.2, 0) is 0 Å².